The lowest BCUT2D eigenvalue weighted by atomic mass is 9.86. The Labute approximate surface area is 174 Å². The summed E-state index contributed by atoms with van der Waals surface area (Å²) in [7, 11) is 0. The highest BCUT2D eigenvalue weighted by molar-refractivity contribution is 5.73. The molecule has 0 aromatic carbocycles. The molecule has 0 spiro atoms. The van der Waals surface area contributed by atoms with Crippen LogP contribution < -0.4 is 0 Å². The summed E-state index contributed by atoms with van der Waals surface area (Å²) in [5.74, 6) is 1.46. The first kappa shape index (κ1) is 20.4. The number of hydrogen-bond acceptors (Lipinski definition) is 3. The van der Waals surface area contributed by atoms with Crippen LogP contribution in [0.25, 0.3) is 5.57 Å². The maximum absolute atomic E-state index is 12.8. The molecule has 0 amide bonds. The van der Waals surface area contributed by atoms with Crippen molar-refractivity contribution in [1.29, 1.82) is 0 Å². The van der Waals surface area contributed by atoms with Crippen molar-refractivity contribution in [3.8, 4) is 0 Å². The second-order valence-electron chi connectivity index (χ2n) is 7.67. The van der Waals surface area contributed by atoms with Crippen molar-refractivity contribution in [2.24, 2.45) is 5.92 Å². The van der Waals surface area contributed by atoms with Gasteiger partial charge in [0.2, 0.25) is 0 Å². The number of aromatic nitrogens is 2. The fraction of sp³-hybridized carbons (Fsp3) is 0.333. The van der Waals surface area contributed by atoms with Crippen LogP contribution in [-0.2, 0) is 17.3 Å². The zero-order valence-corrected chi connectivity index (χ0v) is 16.5. The number of halogens is 3. The minimum Gasteiger partial charge on any atom is -0.493 e. The predicted molar refractivity (Wildman–Crippen MR) is 109 cm³/mol. The van der Waals surface area contributed by atoms with Crippen LogP contribution in [0.4, 0.5) is 13.2 Å². The average Bonchev–Trinajstić information content (AvgIpc) is 2.93. The Bertz CT molecular complexity index is 971. The minimum absolute atomic E-state index is 0.397. The van der Waals surface area contributed by atoms with E-state index in [0.29, 0.717) is 30.9 Å². The average molecular weight is 412 g/mol. The molecule has 156 valence electrons. The van der Waals surface area contributed by atoms with E-state index in [1.807, 2.05) is 30.4 Å². The fourth-order valence-electron chi connectivity index (χ4n) is 3.60. The molecule has 0 N–H and O–H groups in total. The van der Waals surface area contributed by atoms with Gasteiger partial charge in [0, 0.05) is 30.0 Å². The summed E-state index contributed by atoms with van der Waals surface area (Å²) in [6, 6.07) is 6.35. The third-order valence-electron chi connectivity index (χ3n) is 5.52. The minimum atomic E-state index is -4.44. The molecule has 0 atom stereocenters. The Balaban J connectivity index is 1.61. The highest BCUT2D eigenvalue weighted by Crippen LogP contribution is 2.32. The van der Waals surface area contributed by atoms with Gasteiger partial charge in [0.25, 0.3) is 0 Å². The van der Waals surface area contributed by atoms with E-state index in [0.717, 1.165) is 28.7 Å². The Kier molecular flexibility index (Phi) is 6.02. The smallest absolute Gasteiger partial charge is 0.433 e. The first-order valence-electron chi connectivity index (χ1n) is 10.2. The number of alkyl halides is 3. The van der Waals surface area contributed by atoms with Gasteiger partial charge < -0.3 is 4.74 Å². The maximum Gasteiger partial charge on any atom is 0.433 e. The van der Waals surface area contributed by atoms with E-state index >= 15 is 0 Å². The highest BCUT2D eigenvalue weighted by Gasteiger charge is 2.32. The number of allylic oxidation sites excluding steroid dienone is 5. The molecule has 3 nitrogen and oxygen atoms in total. The van der Waals surface area contributed by atoms with Crippen LogP contribution in [-0.4, -0.2) is 16.6 Å². The molecule has 2 aliphatic rings. The van der Waals surface area contributed by atoms with Crippen molar-refractivity contribution in [3.05, 3.63) is 89.2 Å². The van der Waals surface area contributed by atoms with E-state index < -0.39 is 11.9 Å². The summed E-state index contributed by atoms with van der Waals surface area (Å²) in [5, 5.41) is 0. The van der Waals surface area contributed by atoms with Crippen molar-refractivity contribution < 1.29 is 17.9 Å². The van der Waals surface area contributed by atoms with Crippen molar-refractivity contribution in [1.82, 2.24) is 9.97 Å². The zero-order valence-electron chi connectivity index (χ0n) is 16.5. The van der Waals surface area contributed by atoms with Crippen LogP contribution in [0, 0.1) is 5.92 Å². The normalized spacial score (nSPS) is 17.0. The second kappa shape index (κ2) is 8.86. The molecule has 0 unspecified atom stereocenters. The van der Waals surface area contributed by atoms with Gasteiger partial charge in [-0.1, -0.05) is 36.8 Å². The molecule has 0 saturated heterocycles. The Morgan fingerprint density at radius 2 is 1.93 bits per heavy atom. The van der Waals surface area contributed by atoms with Crippen LogP contribution in [0.3, 0.4) is 0 Å². The number of rotatable bonds is 6. The number of nitrogens with zero attached hydrogens (tertiary/aromatic N) is 2. The quantitative estimate of drug-likeness (QED) is 0.572. The third-order valence-corrected chi connectivity index (χ3v) is 5.52. The van der Waals surface area contributed by atoms with Crippen LogP contribution in [0.15, 0.2) is 66.7 Å². The van der Waals surface area contributed by atoms with Crippen LogP contribution >= 0.6 is 0 Å². The van der Waals surface area contributed by atoms with E-state index in [9.17, 15) is 13.2 Å². The van der Waals surface area contributed by atoms with Gasteiger partial charge in [0.1, 0.15) is 11.5 Å². The van der Waals surface area contributed by atoms with E-state index in [1.165, 1.54) is 31.5 Å². The van der Waals surface area contributed by atoms with E-state index in [-0.39, 0.29) is 0 Å². The number of hydrogen-bond donors (Lipinski definition) is 0. The first-order valence-corrected chi connectivity index (χ1v) is 10.2. The second-order valence-corrected chi connectivity index (χ2v) is 7.67. The molecule has 2 aliphatic carbocycles. The standard InChI is InChI=1S/C24H23F3N2O/c25-24(26,27)23-12-11-18(15-29-23)14-21-19(9-5-13-28-21)20-8-2-1-3-10-22(20)30-16-17-6-4-7-17/h1-3,5,9-13,15,17H,4,6-8,14,16H2. The van der Waals surface area contributed by atoms with Crippen molar-refractivity contribution in [2.45, 2.75) is 38.3 Å². The van der Waals surface area contributed by atoms with E-state index in [1.54, 1.807) is 6.20 Å². The fourth-order valence-corrected chi connectivity index (χ4v) is 3.60. The number of pyridine rings is 2. The topological polar surface area (TPSA) is 35.0 Å². The molecule has 30 heavy (non-hydrogen) atoms. The van der Waals surface area contributed by atoms with Gasteiger partial charge in [-0.15, -0.1) is 0 Å². The lowest BCUT2D eigenvalue weighted by molar-refractivity contribution is -0.141. The summed E-state index contributed by atoms with van der Waals surface area (Å²) in [5.41, 5.74) is 2.59. The van der Waals surface area contributed by atoms with Gasteiger partial charge >= 0.3 is 6.18 Å². The van der Waals surface area contributed by atoms with Crippen molar-refractivity contribution in [2.75, 3.05) is 6.61 Å². The monoisotopic (exact) mass is 412 g/mol. The van der Waals surface area contributed by atoms with Crippen LogP contribution in [0.2, 0.25) is 0 Å². The zero-order chi connectivity index (χ0) is 21.0. The molecule has 0 aliphatic heterocycles. The van der Waals surface area contributed by atoms with Gasteiger partial charge in [-0.2, -0.15) is 13.2 Å². The maximum atomic E-state index is 12.8. The van der Waals surface area contributed by atoms with Crippen molar-refractivity contribution >= 4 is 5.57 Å². The largest absolute Gasteiger partial charge is 0.493 e. The first-order chi connectivity index (χ1) is 14.5. The van der Waals surface area contributed by atoms with Gasteiger partial charge in [0.15, 0.2) is 0 Å². The summed E-state index contributed by atoms with van der Waals surface area (Å²) >= 11 is 0. The molecule has 6 heteroatoms. The molecule has 2 aromatic heterocycles. The molecule has 2 aromatic rings. The lowest BCUT2D eigenvalue weighted by Crippen LogP contribution is -2.17. The lowest BCUT2D eigenvalue weighted by Gasteiger charge is -2.26. The Hall–Kier alpha value is -2.89. The summed E-state index contributed by atoms with van der Waals surface area (Å²) in [6.45, 7) is 0.710. The molecule has 4 rings (SSSR count). The van der Waals surface area contributed by atoms with Gasteiger partial charge in [0.05, 0.1) is 12.3 Å². The molecule has 2 heterocycles. The predicted octanol–water partition coefficient (Wildman–Crippen LogP) is 6.13. The number of ether oxygens (including phenoxy) is 1. The van der Waals surface area contributed by atoms with Crippen LogP contribution in [0.1, 0.15) is 48.2 Å². The third kappa shape index (κ3) is 4.81. The highest BCUT2D eigenvalue weighted by atomic mass is 19.4. The van der Waals surface area contributed by atoms with Crippen LogP contribution in [0.5, 0.6) is 0 Å². The summed E-state index contributed by atoms with van der Waals surface area (Å²) in [6.07, 6.45) is 11.4. The van der Waals surface area contributed by atoms with Crippen molar-refractivity contribution in [3.63, 3.8) is 0 Å². The molecular weight excluding hydrogens is 389 g/mol. The van der Waals surface area contributed by atoms with Gasteiger partial charge in [-0.3, -0.25) is 9.97 Å². The summed E-state index contributed by atoms with van der Waals surface area (Å²) in [4.78, 5) is 8.09. The molecule has 1 saturated carbocycles. The Morgan fingerprint density at radius 1 is 1.07 bits per heavy atom. The SMILES string of the molecule is FC(F)(F)c1ccc(Cc2ncccc2C2=C(OCC3CCC3)C=CC=CC2)cn1. The Morgan fingerprint density at radius 3 is 2.63 bits per heavy atom. The summed E-state index contributed by atoms with van der Waals surface area (Å²) < 4.78 is 44.5. The molecule has 1 fully saturated rings. The van der Waals surface area contributed by atoms with E-state index in [2.05, 4.69) is 16.0 Å². The van der Waals surface area contributed by atoms with Gasteiger partial charge in [-0.05, 0) is 49.0 Å². The molecule has 0 bridgehead atoms. The molecular formula is C24H23F3N2O. The van der Waals surface area contributed by atoms with Gasteiger partial charge in [-0.25, -0.2) is 0 Å². The molecule has 0 radical (unpaired) electrons. The van der Waals surface area contributed by atoms with E-state index in [4.69, 9.17) is 4.74 Å².